The number of amides is 1. The van der Waals surface area contributed by atoms with Crippen LogP contribution in [0.2, 0.25) is 0 Å². The molecule has 1 aliphatic rings. The average molecular weight is 285 g/mol. The molecule has 21 heavy (non-hydrogen) atoms. The Morgan fingerprint density at radius 2 is 2.14 bits per heavy atom. The number of nitrogens with zero attached hydrogens (tertiary/aromatic N) is 3. The van der Waals surface area contributed by atoms with E-state index in [1.165, 1.54) is 11.1 Å². The van der Waals surface area contributed by atoms with Crippen molar-refractivity contribution in [2.24, 2.45) is 0 Å². The van der Waals surface area contributed by atoms with Crippen molar-refractivity contribution in [3.63, 3.8) is 0 Å². The van der Waals surface area contributed by atoms with Gasteiger partial charge in [-0.25, -0.2) is 4.68 Å². The Balaban J connectivity index is 1.86. The second kappa shape index (κ2) is 5.68. The third kappa shape index (κ3) is 2.68. The fourth-order valence-corrected chi connectivity index (χ4v) is 2.93. The summed E-state index contributed by atoms with van der Waals surface area (Å²) in [6, 6.07) is 7.56. The Morgan fingerprint density at radius 1 is 1.33 bits per heavy atom. The first-order chi connectivity index (χ1) is 10.2. The van der Waals surface area contributed by atoms with Crippen LogP contribution in [0.3, 0.4) is 0 Å². The van der Waals surface area contributed by atoms with E-state index in [0.717, 1.165) is 24.8 Å². The summed E-state index contributed by atoms with van der Waals surface area (Å²) in [4.78, 5) is 26.6. The number of aromatic nitrogens is 2. The molecule has 0 spiro atoms. The van der Waals surface area contributed by atoms with Crippen LogP contribution in [-0.4, -0.2) is 33.2 Å². The van der Waals surface area contributed by atoms with Gasteiger partial charge in [0.1, 0.15) is 6.54 Å². The van der Waals surface area contributed by atoms with E-state index in [1.54, 1.807) is 12.3 Å². The van der Waals surface area contributed by atoms with E-state index in [0.29, 0.717) is 5.39 Å². The lowest BCUT2D eigenvalue weighted by molar-refractivity contribution is -0.135. The van der Waals surface area contributed by atoms with Gasteiger partial charge in [-0.05, 0) is 32.3 Å². The van der Waals surface area contributed by atoms with Crippen molar-refractivity contribution in [1.29, 1.82) is 0 Å². The van der Waals surface area contributed by atoms with Gasteiger partial charge >= 0.3 is 0 Å². The number of carbonyl (C=O) groups is 1. The van der Waals surface area contributed by atoms with E-state index >= 15 is 0 Å². The van der Waals surface area contributed by atoms with E-state index in [2.05, 4.69) is 12.0 Å². The molecular formula is C16H19N3O2. The van der Waals surface area contributed by atoms with Crippen molar-refractivity contribution < 1.29 is 4.79 Å². The Labute approximate surface area is 123 Å². The van der Waals surface area contributed by atoms with Gasteiger partial charge in [0.2, 0.25) is 5.91 Å². The third-order valence-electron chi connectivity index (χ3n) is 4.17. The first-order valence-electron chi connectivity index (χ1n) is 7.41. The molecule has 1 atom stereocenters. The molecule has 110 valence electrons. The van der Waals surface area contributed by atoms with Crippen molar-refractivity contribution in [3.8, 4) is 0 Å². The summed E-state index contributed by atoms with van der Waals surface area (Å²) in [5, 5.41) is 5.53. The van der Waals surface area contributed by atoms with Crippen LogP contribution >= 0.6 is 0 Å². The number of benzene rings is 1. The van der Waals surface area contributed by atoms with Crippen LogP contribution in [0.5, 0.6) is 0 Å². The van der Waals surface area contributed by atoms with Crippen molar-refractivity contribution in [3.05, 3.63) is 40.8 Å². The van der Waals surface area contributed by atoms with Crippen molar-refractivity contribution >= 4 is 16.7 Å². The number of likely N-dealkylation sites (tertiary alicyclic amines) is 1. The molecule has 1 unspecified atom stereocenters. The smallest absolute Gasteiger partial charge is 0.275 e. The molecular weight excluding hydrogens is 266 g/mol. The Morgan fingerprint density at radius 3 is 2.95 bits per heavy atom. The summed E-state index contributed by atoms with van der Waals surface area (Å²) in [5.41, 5.74) is -0.203. The van der Waals surface area contributed by atoms with Gasteiger partial charge in [0.05, 0.1) is 11.6 Å². The standard InChI is InChI=1S/C16H19N3O2/c1-12-6-4-5-9-18(12)15(20)11-19-16(21)14-8-3-2-7-13(14)10-17-19/h2-3,7-8,10,12H,4-6,9,11H2,1H3. The Bertz CT molecular complexity index is 723. The highest BCUT2D eigenvalue weighted by atomic mass is 16.2. The minimum Gasteiger partial charge on any atom is -0.338 e. The van der Waals surface area contributed by atoms with Gasteiger partial charge in [0, 0.05) is 18.0 Å². The fourth-order valence-electron chi connectivity index (χ4n) is 2.93. The molecule has 0 radical (unpaired) electrons. The molecule has 5 heteroatoms. The summed E-state index contributed by atoms with van der Waals surface area (Å²) in [6.45, 7) is 2.87. The Kier molecular flexibility index (Phi) is 3.73. The number of hydrogen-bond donors (Lipinski definition) is 0. The third-order valence-corrected chi connectivity index (χ3v) is 4.17. The molecule has 2 aromatic rings. The van der Waals surface area contributed by atoms with Crippen LogP contribution in [0.15, 0.2) is 35.3 Å². The van der Waals surface area contributed by atoms with Gasteiger partial charge in [-0.15, -0.1) is 0 Å². The molecule has 0 bridgehead atoms. The first-order valence-corrected chi connectivity index (χ1v) is 7.41. The number of rotatable bonds is 2. The lowest BCUT2D eigenvalue weighted by atomic mass is 10.0. The second-order valence-electron chi connectivity index (χ2n) is 5.63. The number of hydrogen-bond acceptors (Lipinski definition) is 3. The summed E-state index contributed by atoms with van der Waals surface area (Å²) in [6.07, 6.45) is 4.88. The van der Waals surface area contributed by atoms with Gasteiger partial charge in [0.25, 0.3) is 5.56 Å². The van der Waals surface area contributed by atoms with E-state index in [1.807, 2.05) is 23.1 Å². The van der Waals surface area contributed by atoms with E-state index in [4.69, 9.17) is 0 Å². The number of carbonyl (C=O) groups excluding carboxylic acids is 1. The predicted molar refractivity (Wildman–Crippen MR) is 81.0 cm³/mol. The van der Waals surface area contributed by atoms with Crippen molar-refractivity contribution in [2.45, 2.75) is 38.8 Å². The van der Waals surface area contributed by atoms with Gasteiger partial charge in [-0.3, -0.25) is 9.59 Å². The molecule has 1 amide bonds. The van der Waals surface area contributed by atoms with Gasteiger partial charge in [0.15, 0.2) is 0 Å². The normalized spacial score (nSPS) is 18.9. The van der Waals surface area contributed by atoms with Crippen LogP contribution in [0.25, 0.3) is 10.8 Å². The maximum atomic E-state index is 12.4. The molecule has 3 rings (SSSR count). The number of piperidine rings is 1. The highest BCUT2D eigenvalue weighted by Crippen LogP contribution is 2.16. The summed E-state index contributed by atoms with van der Waals surface area (Å²) in [7, 11) is 0. The zero-order valence-electron chi connectivity index (χ0n) is 12.2. The fraction of sp³-hybridized carbons (Fsp3) is 0.438. The van der Waals surface area contributed by atoms with Crippen LogP contribution in [0.4, 0.5) is 0 Å². The topological polar surface area (TPSA) is 55.2 Å². The molecule has 1 saturated heterocycles. The number of fused-ring (bicyclic) bond motifs is 1. The zero-order valence-corrected chi connectivity index (χ0v) is 12.2. The Hall–Kier alpha value is -2.17. The molecule has 0 N–H and O–H groups in total. The van der Waals surface area contributed by atoms with Crippen LogP contribution < -0.4 is 5.56 Å². The van der Waals surface area contributed by atoms with E-state index in [-0.39, 0.29) is 24.1 Å². The van der Waals surface area contributed by atoms with E-state index < -0.39 is 0 Å². The first kappa shape index (κ1) is 13.8. The van der Waals surface area contributed by atoms with Crippen LogP contribution in [-0.2, 0) is 11.3 Å². The minimum absolute atomic E-state index is 0.0212. The SMILES string of the molecule is CC1CCCCN1C(=O)Cn1ncc2ccccc2c1=O. The maximum Gasteiger partial charge on any atom is 0.275 e. The molecule has 0 aliphatic carbocycles. The quantitative estimate of drug-likeness (QED) is 0.845. The zero-order chi connectivity index (χ0) is 14.8. The highest BCUT2D eigenvalue weighted by molar-refractivity contribution is 5.81. The molecule has 1 aromatic carbocycles. The molecule has 1 fully saturated rings. The summed E-state index contributed by atoms with van der Waals surface area (Å²) >= 11 is 0. The monoisotopic (exact) mass is 285 g/mol. The maximum absolute atomic E-state index is 12.4. The summed E-state index contributed by atoms with van der Waals surface area (Å²) in [5.74, 6) is -0.0212. The van der Waals surface area contributed by atoms with Crippen LogP contribution in [0.1, 0.15) is 26.2 Å². The molecule has 1 aromatic heterocycles. The van der Waals surface area contributed by atoms with Gasteiger partial charge in [-0.1, -0.05) is 18.2 Å². The van der Waals surface area contributed by atoms with Crippen molar-refractivity contribution in [2.75, 3.05) is 6.54 Å². The predicted octanol–water partition coefficient (Wildman–Crippen LogP) is 1.80. The highest BCUT2D eigenvalue weighted by Gasteiger charge is 2.23. The summed E-state index contributed by atoms with van der Waals surface area (Å²) < 4.78 is 1.27. The van der Waals surface area contributed by atoms with Crippen LogP contribution in [0, 0.1) is 0 Å². The molecule has 5 nitrogen and oxygen atoms in total. The largest absolute Gasteiger partial charge is 0.338 e. The van der Waals surface area contributed by atoms with Gasteiger partial charge < -0.3 is 4.90 Å². The minimum atomic E-state index is -0.203. The van der Waals surface area contributed by atoms with E-state index in [9.17, 15) is 9.59 Å². The molecule has 0 saturated carbocycles. The van der Waals surface area contributed by atoms with Gasteiger partial charge in [-0.2, -0.15) is 5.10 Å². The lowest BCUT2D eigenvalue weighted by Crippen LogP contribution is -2.45. The lowest BCUT2D eigenvalue weighted by Gasteiger charge is -2.33. The second-order valence-corrected chi connectivity index (χ2v) is 5.63. The molecule has 2 heterocycles. The van der Waals surface area contributed by atoms with Crippen molar-refractivity contribution in [1.82, 2.24) is 14.7 Å². The average Bonchev–Trinajstić information content (AvgIpc) is 2.51. The molecule has 1 aliphatic heterocycles.